The monoisotopic (exact) mass is 257 g/mol. The molecule has 0 bridgehead atoms. The lowest BCUT2D eigenvalue weighted by molar-refractivity contribution is -0.703. The van der Waals surface area contributed by atoms with Gasteiger partial charge >= 0.3 is 5.97 Å². The van der Waals surface area contributed by atoms with Gasteiger partial charge in [-0.2, -0.15) is 4.57 Å². The lowest BCUT2D eigenvalue weighted by Crippen LogP contribution is -3.00. The number of aliphatic hydroxyl groups is 1. The highest BCUT2D eigenvalue weighted by Crippen LogP contribution is 2.07. The van der Waals surface area contributed by atoms with Crippen LogP contribution in [-0.2, 0) is 11.3 Å². The summed E-state index contributed by atoms with van der Waals surface area (Å²) in [5.41, 5.74) is 0.353. The summed E-state index contributed by atoms with van der Waals surface area (Å²) in [6.45, 7) is 7.24. The second kappa shape index (κ2) is 7.04. The topological polar surface area (TPSA) is 50.4 Å². The molecule has 0 aliphatic carbocycles. The molecule has 94 valence electrons. The summed E-state index contributed by atoms with van der Waals surface area (Å²) in [4.78, 5) is 11.3. The molecule has 1 aromatic rings. The predicted molar refractivity (Wildman–Crippen MR) is 58.8 cm³/mol. The van der Waals surface area contributed by atoms with Gasteiger partial charge in [0.25, 0.3) is 0 Å². The molecule has 0 aliphatic rings. The molecule has 0 amide bonds. The van der Waals surface area contributed by atoms with Crippen molar-refractivity contribution in [2.45, 2.75) is 26.5 Å². The minimum atomic E-state index is -0.449. The van der Waals surface area contributed by atoms with Crippen LogP contribution in [0.2, 0.25) is 0 Å². The van der Waals surface area contributed by atoms with E-state index in [9.17, 15) is 9.90 Å². The van der Waals surface area contributed by atoms with Crippen LogP contribution in [0.5, 0.6) is 5.75 Å². The van der Waals surface area contributed by atoms with Gasteiger partial charge in [-0.1, -0.05) is 6.58 Å². The second-order valence-electron chi connectivity index (χ2n) is 3.76. The van der Waals surface area contributed by atoms with Gasteiger partial charge in [0.15, 0.2) is 18.5 Å². The van der Waals surface area contributed by atoms with Gasteiger partial charge in [-0.25, -0.2) is 4.79 Å². The molecule has 0 fully saturated rings. The number of esters is 1. The van der Waals surface area contributed by atoms with E-state index in [1.165, 1.54) is 0 Å². The van der Waals surface area contributed by atoms with E-state index < -0.39 is 12.1 Å². The van der Waals surface area contributed by atoms with Crippen LogP contribution in [-0.4, -0.2) is 17.2 Å². The maximum atomic E-state index is 11.3. The average Bonchev–Trinajstić information content (AvgIpc) is 2.16. The van der Waals surface area contributed by atoms with Crippen molar-refractivity contribution in [3.05, 3.63) is 36.7 Å². The Kier molecular flexibility index (Phi) is 6.46. The summed E-state index contributed by atoms with van der Waals surface area (Å²) in [6.07, 6.45) is 3.01. The van der Waals surface area contributed by atoms with Gasteiger partial charge in [0.05, 0.1) is 0 Å². The Morgan fingerprint density at radius 2 is 2.29 bits per heavy atom. The van der Waals surface area contributed by atoms with E-state index in [1.807, 2.05) is 0 Å². The van der Waals surface area contributed by atoms with Crippen molar-refractivity contribution in [1.82, 2.24) is 0 Å². The zero-order valence-corrected chi connectivity index (χ0v) is 10.6. The number of carbonyl (C=O) groups is 1. The van der Waals surface area contributed by atoms with Crippen LogP contribution in [0, 0.1) is 0 Å². The van der Waals surface area contributed by atoms with Crippen LogP contribution in [0.4, 0.5) is 0 Å². The number of ether oxygens (including phenoxy) is 1. The Morgan fingerprint density at radius 1 is 1.65 bits per heavy atom. The van der Waals surface area contributed by atoms with Crippen molar-refractivity contribution in [2.24, 2.45) is 0 Å². The first-order valence-corrected chi connectivity index (χ1v) is 5.04. The molecule has 1 atom stereocenters. The smallest absolute Gasteiger partial charge is 0.338 e. The zero-order chi connectivity index (χ0) is 12.1. The van der Waals surface area contributed by atoms with E-state index in [4.69, 9.17) is 4.74 Å². The number of aliphatic hydroxyl groups excluding tert-OH is 1. The Labute approximate surface area is 107 Å². The molecule has 1 heterocycles. The van der Waals surface area contributed by atoms with Crippen molar-refractivity contribution in [2.75, 3.05) is 0 Å². The molecule has 0 aromatic carbocycles. The van der Waals surface area contributed by atoms with Crippen LogP contribution in [0.3, 0.4) is 0 Å². The van der Waals surface area contributed by atoms with E-state index >= 15 is 0 Å². The van der Waals surface area contributed by atoms with Gasteiger partial charge in [-0.05, 0) is 19.9 Å². The van der Waals surface area contributed by atoms with Crippen LogP contribution in [0.25, 0.3) is 0 Å². The van der Waals surface area contributed by atoms with Crippen LogP contribution in [0.15, 0.2) is 36.7 Å². The standard InChI is InChI=1S/C12H16NO3.ClH/c1-9(2)12(15)16-11-5-4-6-13(8-11)7-10(3)14;/h4-6,8,10,14H,1,7H2,2-3H3;1H/q+1;/p-1. The molecule has 4 nitrogen and oxygen atoms in total. The van der Waals surface area contributed by atoms with Crippen molar-refractivity contribution in [3.63, 3.8) is 0 Å². The Hall–Kier alpha value is -1.39. The SMILES string of the molecule is C=C(C)C(=O)Oc1ccc[n+](CC(C)O)c1.[Cl-]. The first-order valence-electron chi connectivity index (χ1n) is 5.04. The molecular weight excluding hydrogens is 242 g/mol. The molecule has 1 N–H and O–H groups in total. The molecule has 1 aromatic heterocycles. The van der Waals surface area contributed by atoms with E-state index in [-0.39, 0.29) is 12.4 Å². The Morgan fingerprint density at radius 3 is 2.82 bits per heavy atom. The van der Waals surface area contributed by atoms with E-state index in [1.54, 1.807) is 42.9 Å². The van der Waals surface area contributed by atoms with Gasteiger partial charge in [0, 0.05) is 11.6 Å². The molecule has 1 unspecified atom stereocenters. The van der Waals surface area contributed by atoms with Crippen LogP contribution in [0.1, 0.15) is 13.8 Å². The Balaban J connectivity index is 0.00000256. The molecule has 17 heavy (non-hydrogen) atoms. The van der Waals surface area contributed by atoms with E-state index in [0.717, 1.165) is 0 Å². The third kappa shape index (κ3) is 5.47. The van der Waals surface area contributed by atoms with Gasteiger partial charge < -0.3 is 22.3 Å². The number of carbonyl (C=O) groups excluding carboxylic acids is 1. The molecular formula is C12H16ClNO3. The number of hydrogen-bond acceptors (Lipinski definition) is 3. The number of rotatable bonds is 4. The van der Waals surface area contributed by atoms with E-state index in [0.29, 0.717) is 17.9 Å². The summed E-state index contributed by atoms with van der Waals surface area (Å²) in [6, 6.07) is 3.43. The maximum absolute atomic E-state index is 11.3. The largest absolute Gasteiger partial charge is 1.00 e. The van der Waals surface area contributed by atoms with Gasteiger partial charge in [0.2, 0.25) is 6.20 Å². The Bertz CT molecular complexity index is 404. The summed E-state index contributed by atoms with van der Waals surface area (Å²) in [5.74, 6) is -0.00838. The third-order valence-corrected chi connectivity index (χ3v) is 1.87. The lowest BCUT2D eigenvalue weighted by Gasteiger charge is -2.03. The number of aromatic nitrogens is 1. The van der Waals surface area contributed by atoms with Gasteiger partial charge in [-0.3, -0.25) is 0 Å². The summed E-state index contributed by atoms with van der Waals surface area (Å²) >= 11 is 0. The fourth-order valence-corrected chi connectivity index (χ4v) is 1.17. The highest BCUT2D eigenvalue weighted by atomic mass is 35.5. The van der Waals surface area contributed by atoms with Crippen LogP contribution < -0.4 is 21.7 Å². The molecule has 0 aliphatic heterocycles. The van der Waals surface area contributed by atoms with Crippen LogP contribution >= 0.6 is 0 Å². The van der Waals surface area contributed by atoms with Gasteiger partial charge in [-0.15, -0.1) is 0 Å². The highest BCUT2D eigenvalue weighted by molar-refractivity contribution is 5.88. The fourth-order valence-electron chi connectivity index (χ4n) is 1.17. The molecule has 0 radical (unpaired) electrons. The molecule has 0 saturated carbocycles. The summed E-state index contributed by atoms with van der Waals surface area (Å²) in [7, 11) is 0. The average molecular weight is 258 g/mol. The fraction of sp³-hybridized carbons (Fsp3) is 0.333. The number of halogens is 1. The van der Waals surface area contributed by atoms with Crippen molar-refractivity contribution in [1.29, 1.82) is 0 Å². The van der Waals surface area contributed by atoms with Crippen molar-refractivity contribution < 1.29 is 31.6 Å². The number of hydrogen-bond donors (Lipinski definition) is 1. The summed E-state index contributed by atoms with van der Waals surface area (Å²) < 4.78 is 6.81. The minimum Gasteiger partial charge on any atom is -1.00 e. The zero-order valence-electron chi connectivity index (χ0n) is 9.89. The van der Waals surface area contributed by atoms with Gasteiger partial charge in [0.1, 0.15) is 6.10 Å². The van der Waals surface area contributed by atoms with E-state index in [2.05, 4.69) is 6.58 Å². The summed E-state index contributed by atoms with van der Waals surface area (Å²) in [5, 5.41) is 9.22. The maximum Gasteiger partial charge on any atom is 0.338 e. The quantitative estimate of drug-likeness (QED) is 0.380. The lowest BCUT2D eigenvalue weighted by atomic mass is 10.3. The number of nitrogens with zero attached hydrogens (tertiary/aromatic N) is 1. The third-order valence-electron chi connectivity index (χ3n) is 1.87. The molecule has 5 heteroatoms. The molecule has 1 rings (SSSR count). The molecule has 0 saturated heterocycles. The highest BCUT2D eigenvalue weighted by Gasteiger charge is 2.10. The number of pyridine rings is 1. The normalized spacial score (nSPS) is 11.2. The predicted octanol–water partition coefficient (Wildman–Crippen LogP) is -2.16. The first-order chi connectivity index (χ1) is 7.49. The van der Waals surface area contributed by atoms with Crippen molar-refractivity contribution in [3.8, 4) is 5.75 Å². The first kappa shape index (κ1) is 15.6. The second-order valence-corrected chi connectivity index (χ2v) is 3.76. The minimum absolute atomic E-state index is 0. The van der Waals surface area contributed by atoms with Crippen molar-refractivity contribution >= 4 is 5.97 Å². The molecule has 0 spiro atoms.